The molecule has 104 valence electrons. The molecule has 0 bridgehead atoms. The summed E-state index contributed by atoms with van der Waals surface area (Å²) in [6.07, 6.45) is -0.108. The van der Waals surface area contributed by atoms with Gasteiger partial charge in [0.15, 0.2) is 0 Å². The topological polar surface area (TPSA) is 68.1 Å². The molecule has 0 aliphatic rings. The number of hydrogen-bond donors (Lipinski definition) is 2. The van der Waals surface area contributed by atoms with Crippen molar-refractivity contribution in [1.29, 1.82) is 0 Å². The van der Waals surface area contributed by atoms with Crippen LogP contribution in [0.15, 0.2) is 30.5 Å². The molecule has 0 saturated heterocycles. The third kappa shape index (κ3) is 3.05. The van der Waals surface area contributed by atoms with Crippen LogP contribution in [0.1, 0.15) is 18.5 Å². The lowest BCUT2D eigenvalue weighted by molar-refractivity contribution is -0.149. The zero-order valence-corrected chi connectivity index (χ0v) is 11.2. The molecule has 2 rings (SSSR count). The first-order valence-corrected chi connectivity index (χ1v) is 5.77. The minimum absolute atomic E-state index is 0. The number of alkyl halides is 1. The van der Waals surface area contributed by atoms with Gasteiger partial charge in [-0.1, -0.05) is 12.1 Å². The van der Waals surface area contributed by atoms with Gasteiger partial charge in [0.05, 0.1) is 12.6 Å². The van der Waals surface area contributed by atoms with Crippen molar-refractivity contribution < 1.29 is 13.9 Å². The van der Waals surface area contributed by atoms with Crippen LogP contribution in [0.2, 0.25) is 0 Å². The van der Waals surface area contributed by atoms with Crippen LogP contribution in [0, 0.1) is 0 Å². The molecule has 0 radical (unpaired) electrons. The second kappa shape index (κ2) is 6.54. The van der Waals surface area contributed by atoms with Gasteiger partial charge in [-0.15, -0.1) is 12.4 Å². The average molecular weight is 287 g/mol. The third-order valence-electron chi connectivity index (χ3n) is 2.81. The normalized spacial score (nSPS) is 13.6. The molecule has 6 heteroatoms. The lowest BCUT2D eigenvalue weighted by Gasteiger charge is -2.16. The number of ether oxygens (including phenoxy) is 1. The van der Waals surface area contributed by atoms with Crippen molar-refractivity contribution in [3.63, 3.8) is 0 Å². The van der Waals surface area contributed by atoms with E-state index in [0.29, 0.717) is 5.56 Å². The summed E-state index contributed by atoms with van der Waals surface area (Å²) < 4.78 is 18.5. The fourth-order valence-electron chi connectivity index (χ4n) is 1.93. The maximum atomic E-state index is 13.9. The molecular formula is C13H16ClFN2O2. The molecule has 0 aliphatic heterocycles. The maximum Gasteiger partial charge on any atom is 0.342 e. The van der Waals surface area contributed by atoms with E-state index in [2.05, 4.69) is 9.72 Å². The van der Waals surface area contributed by atoms with Crippen LogP contribution in [0.25, 0.3) is 10.9 Å². The summed E-state index contributed by atoms with van der Waals surface area (Å²) in [5, 5.41) is 0.817. The van der Waals surface area contributed by atoms with E-state index in [-0.39, 0.29) is 19.0 Å². The standard InChI is InChI=1S/C13H15FN2O2.ClH/c1-2-18-13(17)11(14)12(15)9-4-3-5-10-8(9)6-7-16-10;/h3-7,11-12,16H,2,15H2,1H3;1H/t11?,12-;/m1./s1. The first kappa shape index (κ1) is 15.5. The molecule has 0 spiro atoms. The molecule has 0 amide bonds. The molecule has 1 aromatic heterocycles. The van der Waals surface area contributed by atoms with Crippen molar-refractivity contribution in [1.82, 2.24) is 4.98 Å². The van der Waals surface area contributed by atoms with Gasteiger partial charge in [0.25, 0.3) is 0 Å². The van der Waals surface area contributed by atoms with Crippen molar-refractivity contribution in [2.45, 2.75) is 19.1 Å². The van der Waals surface area contributed by atoms with E-state index < -0.39 is 18.2 Å². The van der Waals surface area contributed by atoms with Crippen molar-refractivity contribution in [2.24, 2.45) is 5.73 Å². The highest BCUT2D eigenvalue weighted by Gasteiger charge is 2.28. The van der Waals surface area contributed by atoms with Crippen molar-refractivity contribution in [3.8, 4) is 0 Å². The molecule has 1 aromatic carbocycles. The summed E-state index contributed by atoms with van der Waals surface area (Å²) >= 11 is 0. The maximum absolute atomic E-state index is 13.9. The van der Waals surface area contributed by atoms with Gasteiger partial charge in [-0.05, 0) is 24.6 Å². The fraction of sp³-hybridized carbons (Fsp3) is 0.308. The number of carbonyl (C=O) groups excluding carboxylic acids is 1. The van der Waals surface area contributed by atoms with Gasteiger partial charge >= 0.3 is 5.97 Å². The zero-order chi connectivity index (χ0) is 13.1. The molecule has 1 unspecified atom stereocenters. The monoisotopic (exact) mass is 286 g/mol. The van der Waals surface area contributed by atoms with Crippen molar-refractivity contribution >= 4 is 29.3 Å². The number of halogens is 2. The summed E-state index contributed by atoms with van der Waals surface area (Å²) in [7, 11) is 0. The number of rotatable bonds is 4. The first-order chi connectivity index (χ1) is 8.65. The van der Waals surface area contributed by atoms with E-state index in [0.717, 1.165) is 10.9 Å². The quantitative estimate of drug-likeness (QED) is 0.849. The van der Waals surface area contributed by atoms with Crippen LogP contribution < -0.4 is 5.73 Å². The molecule has 2 atom stereocenters. The molecule has 0 saturated carbocycles. The second-order valence-corrected chi connectivity index (χ2v) is 3.97. The highest BCUT2D eigenvalue weighted by Crippen LogP contribution is 2.26. The van der Waals surface area contributed by atoms with E-state index in [1.54, 1.807) is 25.3 Å². The summed E-state index contributed by atoms with van der Waals surface area (Å²) in [6, 6.07) is 6.13. The Morgan fingerprint density at radius 1 is 1.47 bits per heavy atom. The Bertz CT molecular complexity index is 558. The first-order valence-electron chi connectivity index (χ1n) is 5.77. The van der Waals surface area contributed by atoms with Crippen molar-refractivity contribution in [2.75, 3.05) is 6.61 Å². The molecule has 0 fully saturated rings. The fourth-order valence-corrected chi connectivity index (χ4v) is 1.93. The van der Waals surface area contributed by atoms with E-state index in [1.807, 2.05) is 12.1 Å². The number of nitrogens with two attached hydrogens (primary N) is 1. The van der Waals surface area contributed by atoms with Gasteiger partial charge in [-0.3, -0.25) is 0 Å². The SMILES string of the molecule is CCOC(=O)C(F)[C@H](N)c1cccc2[nH]ccc12.Cl. The predicted octanol–water partition coefficient (Wildman–Crippen LogP) is 2.49. The van der Waals surface area contributed by atoms with Crippen LogP contribution >= 0.6 is 12.4 Å². The third-order valence-corrected chi connectivity index (χ3v) is 2.81. The van der Waals surface area contributed by atoms with Gasteiger partial charge < -0.3 is 15.5 Å². The second-order valence-electron chi connectivity index (χ2n) is 3.97. The summed E-state index contributed by atoms with van der Waals surface area (Å²) in [5.41, 5.74) is 7.26. The molecule has 0 aliphatic carbocycles. The van der Waals surface area contributed by atoms with Crippen molar-refractivity contribution in [3.05, 3.63) is 36.0 Å². The molecule has 2 aromatic rings. The zero-order valence-electron chi connectivity index (χ0n) is 10.4. The Balaban J connectivity index is 0.00000180. The van der Waals surface area contributed by atoms with Gasteiger partial charge in [0, 0.05) is 17.1 Å². The summed E-state index contributed by atoms with van der Waals surface area (Å²) in [4.78, 5) is 14.4. The Morgan fingerprint density at radius 3 is 2.89 bits per heavy atom. The molecule has 19 heavy (non-hydrogen) atoms. The minimum atomic E-state index is -1.86. The van der Waals surface area contributed by atoms with E-state index in [9.17, 15) is 9.18 Å². The van der Waals surface area contributed by atoms with Gasteiger partial charge in [-0.2, -0.15) is 0 Å². The number of benzene rings is 1. The number of aromatic nitrogens is 1. The number of hydrogen-bond acceptors (Lipinski definition) is 3. The Morgan fingerprint density at radius 2 is 2.21 bits per heavy atom. The molecule has 3 N–H and O–H groups in total. The van der Waals surface area contributed by atoms with Crippen LogP contribution in [0.3, 0.4) is 0 Å². The average Bonchev–Trinajstić information content (AvgIpc) is 2.85. The van der Waals surface area contributed by atoms with Crippen LogP contribution in [0.5, 0.6) is 0 Å². The number of aromatic amines is 1. The number of H-pyrrole nitrogens is 1. The minimum Gasteiger partial charge on any atom is -0.464 e. The van der Waals surface area contributed by atoms with Crippen LogP contribution in [0.4, 0.5) is 4.39 Å². The van der Waals surface area contributed by atoms with E-state index in [1.165, 1.54) is 0 Å². The Kier molecular flexibility index (Phi) is 5.32. The molecule has 4 nitrogen and oxygen atoms in total. The lowest BCUT2D eigenvalue weighted by atomic mass is 9.99. The smallest absolute Gasteiger partial charge is 0.342 e. The molecule has 1 heterocycles. The largest absolute Gasteiger partial charge is 0.464 e. The Labute approximate surface area is 116 Å². The Hall–Kier alpha value is -1.59. The number of fused-ring (bicyclic) bond motifs is 1. The van der Waals surface area contributed by atoms with Gasteiger partial charge in [0.2, 0.25) is 6.17 Å². The molecular weight excluding hydrogens is 271 g/mol. The predicted molar refractivity (Wildman–Crippen MR) is 74.0 cm³/mol. The highest BCUT2D eigenvalue weighted by molar-refractivity contribution is 5.85. The van der Waals surface area contributed by atoms with Gasteiger partial charge in [-0.25, -0.2) is 9.18 Å². The van der Waals surface area contributed by atoms with Crippen LogP contribution in [-0.4, -0.2) is 23.7 Å². The number of esters is 1. The number of carbonyl (C=O) groups is 1. The van der Waals surface area contributed by atoms with Gasteiger partial charge in [0.1, 0.15) is 0 Å². The van der Waals surface area contributed by atoms with E-state index >= 15 is 0 Å². The highest BCUT2D eigenvalue weighted by atomic mass is 35.5. The lowest BCUT2D eigenvalue weighted by Crippen LogP contribution is -2.31. The number of nitrogens with one attached hydrogen (secondary N) is 1. The van der Waals surface area contributed by atoms with E-state index in [4.69, 9.17) is 5.73 Å². The summed E-state index contributed by atoms with van der Waals surface area (Å²) in [5.74, 6) is -0.919. The summed E-state index contributed by atoms with van der Waals surface area (Å²) in [6.45, 7) is 1.77. The van der Waals surface area contributed by atoms with Crippen LogP contribution in [-0.2, 0) is 9.53 Å².